The second kappa shape index (κ2) is 9.14. The fourth-order valence-electron chi connectivity index (χ4n) is 2.59. The van der Waals surface area contributed by atoms with Crippen LogP contribution >= 0.6 is 15.9 Å². The SMILES string of the molecule is NC(=O)c1n[nH]nc1-c1cc(Br)ccc1OCC(=O)NCCc1ccccc1. The molecule has 0 bridgehead atoms. The van der Waals surface area contributed by atoms with Gasteiger partial charge in [0.05, 0.1) is 0 Å². The number of nitrogens with zero attached hydrogens (tertiary/aromatic N) is 2. The maximum absolute atomic E-state index is 12.1. The Bertz CT molecular complexity index is 975. The first-order valence-electron chi connectivity index (χ1n) is 8.48. The maximum atomic E-state index is 12.1. The quantitative estimate of drug-likeness (QED) is 0.491. The number of carbonyl (C=O) groups is 2. The largest absolute Gasteiger partial charge is 0.483 e. The third-order valence-electron chi connectivity index (χ3n) is 3.92. The average molecular weight is 444 g/mol. The molecular formula is C19H18BrN5O3. The zero-order chi connectivity index (χ0) is 19.9. The van der Waals surface area contributed by atoms with Crippen molar-refractivity contribution in [3.63, 3.8) is 0 Å². The van der Waals surface area contributed by atoms with E-state index in [1.165, 1.54) is 0 Å². The number of carbonyl (C=O) groups excluding carboxylic acids is 2. The fraction of sp³-hybridized carbons (Fsp3) is 0.158. The number of amides is 2. The molecule has 2 amide bonds. The lowest BCUT2D eigenvalue weighted by Crippen LogP contribution is -2.30. The normalized spacial score (nSPS) is 10.5. The molecule has 0 radical (unpaired) electrons. The number of ether oxygens (including phenoxy) is 1. The Hall–Kier alpha value is -3.20. The molecule has 0 atom stereocenters. The second-order valence-corrected chi connectivity index (χ2v) is 6.82. The van der Waals surface area contributed by atoms with Crippen molar-refractivity contribution in [1.29, 1.82) is 0 Å². The predicted molar refractivity (Wildman–Crippen MR) is 107 cm³/mol. The molecule has 1 heterocycles. The zero-order valence-electron chi connectivity index (χ0n) is 14.8. The van der Waals surface area contributed by atoms with Gasteiger partial charge in [0.1, 0.15) is 11.4 Å². The Kier molecular flexibility index (Phi) is 6.38. The Labute approximate surface area is 169 Å². The zero-order valence-corrected chi connectivity index (χ0v) is 16.4. The highest BCUT2D eigenvalue weighted by atomic mass is 79.9. The minimum Gasteiger partial charge on any atom is -0.483 e. The summed E-state index contributed by atoms with van der Waals surface area (Å²) in [7, 11) is 0. The van der Waals surface area contributed by atoms with Gasteiger partial charge in [-0.05, 0) is 30.2 Å². The van der Waals surface area contributed by atoms with E-state index in [2.05, 4.69) is 36.7 Å². The molecule has 2 aromatic carbocycles. The number of nitrogens with one attached hydrogen (secondary N) is 2. The van der Waals surface area contributed by atoms with E-state index in [0.717, 1.165) is 16.5 Å². The van der Waals surface area contributed by atoms with Crippen LogP contribution in [-0.4, -0.2) is 40.4 Å². The van der Waals surface area contributed by atoms with Gasteiger partial charge < -0.3 is 15.8 Å². The first kappa shape index (κ1) is 19.6. The molecular weight excluding hydrogens is 426 g/mol. The highest BCUT2D eigenvalue weighted by Crippen LogP contribution is 2.32. The standard InChI is InChI=1S/C19H18BrN5O3/c20-13-6-7-15(14(10-13)17-18(19(21)27)24-25-23-17)28-11-16(26)22-9-8-12-4-2-1-3-5-12/h1-7,10H,8-9,11H2,(H2,21,27)(H,22,26)(H,23,24,25). The highest BCUT2D eigenvalue weighted by molar-refractivity contribution is 9.10. The number of H-pyrrole nitrogens is 1. The molecule has 0 aliphatic carbocycles. The lowest BCUT2D eigenvalue weighted by atomic mass is 10.1. The van der Waals surface area contributed by atoms with Crippen LogP contribution in [0.5, 0.6) is 5.75 Å². The summed E-state index contributed by atoms with van der Waals surface area (Å²) in [6.45, 7) is 0.335. The predicted octanol–water partition coefficient (Wildman–Crippen LogP) is 2.07. The van der Waals surface area contributed by atoms with Crippen LogP contribution in [0.3, 0.4) is 0 Å². The summed E-state index contributed by atoms with van der Waals surface area (Å²) in [5, 5.41) is 12.9. The van der Waals surface area contributed by atoms with Gasteiger partial charge in [-0.3, -0.25) is 9.59 Å². The van der Waals surface area contributed by atoms with Crippen LogP contribution in [-0.2, 0) is 11.2 Å². The first-order chi connectivity index (χ1) is 13.5. The van der Waals surface area contributed by atoms with Crippen molar-refractivity contribution in [2.45, 2.75) is 6.42 Å². The van der Waals surface area contributed by atoms with Gasteiger partial charge in [0.25, 0.3) is 11.8 Å². The van der Waals surface area contributed by atoms with Gasteiger partial charge in [0, 0.05) is 16.6 Å². The third-order valence-corrected chi connectivity index (χ3v) is 4.41. The molecule has 3 aromatic rings. The van der Waals surface area contributed by atoms with Crippen LogP contribution in [0.15, 0.2) is 53.0 Å². The van der Waals surface area contributed by atoms with Crippen LogP contribution in [0.25, 0.3) is 11.3 Å². The molecule has 4 N–H and O–H groups in total. The smallest absolute Gasteiger partial charge is 0.271 e. The van der Waals surface area contributed by atoms with Crippen molar-refractivity contribution in [2.75, 3.05) is 13.2 Å². The molecule has 8 nitrogen and oxygen atoms in total. The van der Waals surface area contributed by atoms with E-state index in [0.29, 0.717) is 17.9 Å². The monoisotopic (exact) mass is 443 g/mol. The van der Waals surface area contributed by atoms with Gasteiger partial charge in [-0.2, -0.15) is 15.4 Å². The number of aromatic amines is 1. The van der Waals surface area contributed by atoms with Crippen molar-refractivity contribution in [3.05, 3.63) is 64.3 Å². The molecule has 0 saturated carbocycles. The molecule has 0 unspecified atom stereocenters. The van der Waals surface area contributed by atoms with Crippen LogP contribution in [0, 0.1) is 0 Å². The number of halogens is 1. The van der Waals surface area contributed by atoms with Crippen molar-refractivity contribution >= 4 is 27.7 Å². The maximum Gasteiger partial charge on any atom is 0.271 e. The summed E-state index contributed by atoms with van der Waals surface area (Å²) < 4.78 is 6.40. The molecule has 0 spiro atoms. The lowest BCUT2D eigenvalue weighted by Gasteiger charge is -2.11. The van der Waals surface area contributed by atoms with Gasteiger partial charge in [-0.15, -0.1) is 0 Å². The number of hydrogen-bond acceptors (Lipinski definition) is 5. The van der Waals surface area contributed by atoms with E-state index in [1.54, 1.807) is 18.2 Å². The summed E-state index contributed by atoms with van der Waals surface area (Å²) in [6.07, 6.45) is 0.733. The van der Waals surface area contributed by atoms with Crippen LogP contribution in [0.1, 0.15) is 16.1 Å². The van der Waals surface area contributed by atoms with Crippen molar-refractivity contribution in [2.24, 2.45) is 5.73 Å². The van der Waals surface area contributed by atoms with Gasteiger partial charge in [-0.25, -0.2) is 0 Å². The third kappa shape index (κ3) is 4.95. The summed E-state index contributed by atoms with van der Waals surface area (Å²) in [5.41, 5.74) is 7.22. The fourth-order valence-corrected chi connectivity index (χ4v) is 2.95. The van der Waals surface area contributed by atoms with E-state index >= 15 is 0 Å². The highest BCUT2D eigenvalue weighted by Gasteiger charge is 2.19. The number of primary amides is 1. The molecule has 0 aliphatic rings. The minimum atomic E-state index is -0.715. The molecule has 144 valence electrons. The van der Waals surface area contributed by atoms with Gasteiger partial charge in [0.2, 0.25) is 0 Å². The number of aromatic nitrogens is 3. The van der Waals surface area contributed by atoms with Crippen molar-refractivity contribution in [3.8, 4) is 17.0 Å². The summed E-state index contributed by atoms with van der Waals surface area (Å²) in [5.74, 6) is -0.578. The molecule has 1 aromatic heterocycles. The average Bonchev–Trinajstić information content (AvgIpc) is 3.18. The molecule has 3 rings (SSSR count). The summed E-state index contributed by atoms with van der Waals surface area (Å²) >= 11 is 3.37. The van der Waals surface area contributed by atoms with E-state index in [1.807, 2.05) is 30.3 Å². The Morgan fingerprint density at radius 3 is 2.68 bits per heavy atom. The Morgan fingerprint density at radius 1 is 1.14 bits per heavy atom. The van der Waals surface area contributed by atoms with Crippen LogP contribution < -0.4 is 15.8 Å². The second-order valence-electron chi connectivity index (χ2n) is 5.90. The van der Waals surface area contributed by atoms with Crippen molar-refractivity contribution < 1.29 is 14.3 Å². The van der Waals surface area contributed by atoms with Gasteiger partial charge in [0.15, 0.2) is 12.3 Å². The van der Waals surface area contributed by atoms with Crippen LogP contribution in [0.4, 0.5) is 0 Å². The van der Waals surface area contributed by atoms with E-state index in [-0.39, 0.29) is 23.9 Å². The van der Waals surface area contributed by atoms with E-state index in [4.69, 9.17) is 10.5 Å². The van der Waals surface area contributed by atoms with E-state index in [9.17, 15) is 9.59 Å². The molecule has 9 heteroatoms. The van der Waals surface area contributed by atoms with Crippen molar-refractivity contribution in [1.82, 2.24) is 20.7 Å². The molecule has 0 fully saturated rings. The minimum absolute atomic E-state index is 0.00439. The number of hydrogen-bond donors (Lipinski definition) is 3. The topological polar surface area (TPSA) is 123 Å². The Morgan fingerprint density at radius 2 is 1.93 bits per heavy atom. The number of benzene rings is 2. The van der Waals surface area contributed by atoms with Gasteiger partial charge >= 0.3 is 0 Å². The summed E-state index contributed by atoms with van der Waals surface area (Å²) in [4.78, 5) is 23.6. The van der Waals surface area contributed by atoms with E-state index < -0.39 is 5.91 Å². The van der Waals surface area contributed by atoms with Gasteiger partial charge in [-0.1, -0.05) is 46.3 Å². The first-order valence-corrected chi connectivity index (χ1v) is 9.28. The summed E-state index contributed by atoms with van der Waals surface area (Å²) in [6, 6.07) is 15.0. The Balaban J connectivity index is 1.63. The molecule has 0 aliphatic heterocycles. The number of nitrogens with two attached hydrogens (primary N) is 1. The molecule has 0 saturated heterocycles. The van der Waals surface area contributed by atoms with Crippen LogP contribution in [0.2, 0.25) is 0 Å². The molecule has 28 heavy (non-hydrogen) atoms. The lowest BCUT2D eigenvalue weighted by molar-refractivity contribution is -0.123. The number of rotatable bonds is 8.